The van der Waals surface area contributed by atoms with Gasteiger partial charge in [-0.2, -0.15) is 0 Å². The van der Waals surface area contributed by atoms with Crippen LogP contribution in [0.1, 0.15) is 32.6 Å². The van der Waals surface area contributed by atoms with E-state index < -0.39 is 0 Å². The molecule has 1 fully saturated rings. The summed E-state index contributed by atoms with van der Waals surface area (Å²) in [6.07, 6.45) is 3.92. The minimum Gasteiger partial charge on any atom is -0.412 e. The van der Waals surface area contributed by atoms with Gasteiger partial charge in [0.05, 0.1) is 0 Å². The maximum Gasteiger partial charge on any atom is 0.132 e. The highest BCUT2D eigenvalue weighted by molar-refractivity contribution is 5.78. The summed E-state index contributed by atoms with van der Waals surface area (Å²) in [5.74, 6) is 1.26. The summed E-state index contributed by atoms with van der Waals surface area (Å²) in [5, 5.41) is 0. The van der Waals surface area contributed by atoms with Crippen LogP contribution in [0.15, 0.2) is 0 Å². The summed E-state index contributed by atoms with van der Waals surface area (Å²) in [6, 6.07) is 0. The molecule has 1 saturated carbocycles. The molecule has 0 aromatic heterocycles. The van der Waals surface area contributed by atoms with Crippen LogP contribution in [0.4, 0.5) is 0 Å². The van der Waals surface area contributed by atoms with Crippen molar-refractivity contribution in [3.8, 4) is 0 Å². The third-order valence-electron chi connectivity index (χ3n) is 1.83. The Morgan fingerprint density at radius 3 is 2.11 bits per heavy atom. The summed E-state index contributed by atoms with van der Waals surface area (Å²) in [7, 11) is 0. The number of hydrogen-bond acceptors (Lipinski definition) is 1. The lowest BCUT2D eigenvalue weighted by atomic mass is 9.90. The van der Waals surface area contributed by atoms with Gasteiger partial charge in [0.2, 0.25) is 0 Å². The average Bonchev–Trinajstić information content (AvgIpc) is 1.77. The number of rotatable bonds is 0. The molecule has 0 atom stereocenters. The molecular weight excluding hydrogens is 116 g/mol. The van der Waals surface area contributed by atoms with Crippen LogP contribution in [-0.4, -0.2) is 11.3 Å². The SMILES string of the molecule is CC1CCC(=O)CC1.O. The Kier molecular flexibility index (Phi) is 3.47. The Labute approximate surface area is 55.6 Å². The molecule has 1 aliphatic carbocycles. The minimum atomic E-state index is 0. The second kappa shape index (κ2) is 3.62. The quantitative estimate of drug-likeness (QED) is 0.481. The third kappa shape index (κ3) is 2.61. The largest absolute Gasteiger partial charge is 0.412 e. The molecule has 2 N–H and O–H groups in total. The third-order valence-corrected chi connectivity index (χ3v) is 1.83. The number of Topliss-reactive ketones (excluding diaryl/α,β-unsaturated/α-hetero) is 1. The van der Waals surface area contributed by atoms with E-state index in [1.54, 1.807) is 0 Å². The van der Waals surface area contributed by atoms with Crippen LogP contribution in [0.5, 0.6) is 0 Å². The number of carbonyl (C=O) groups is 1. The Morgan fingerprint density at radius 1 is 1.33 bits per heavy atom. The smallest absolute Gasteiger partial charge is 0.132 e. The fraction of sp³-hybridized carbons (Fsp3) is 0.857. The Bertz CT molecular complexity index is 89.1. The lowest BCUT2D eigenvalue weighted by molar-refractivity contribution is -0.120. The van der Waals surface area contributed by atoms with Gasteiger partial charge in [-0.15, -0.1) is 0 Å². The van der Waals surface area contributed by atoms with Crippen molar-refractivity contribution in [1.29, 1.82) is 0 Å². The first-order valence-corrected chi connectivity index (χ1v) is 3.31. The molecular formula is C7H14O2. The van der Waals surface area contributed by atoms with Gasteiger partial charge in [0.15, 0.2) is 0 Å². The maximum atomic E-state index is 10.6. The van der Waals surface area contributed by atoms with Crippen LogP contribution in [0.25, 0.3) is 0 Å². The van der Waals surface area contributed by atoms with Gasteiger partial charge in [-0.25, -0.2) is 0 Å². The highest BCUT2D eigenvalue weighted by Crippen LogP contribution is 2.19. The normalized spacial score (nSPS) is 21.2. The number of ketones is 1. The van der Waals surface area contributed by atoms with Crippen LogP contribution in [0.2, 0.25) is 0 Å². The van der Waals surface area contributed by atoms with Crippen molar-refractivity contribution in [1.82, 2.24) is 0 Å². The van der Waals surface area contributed by atoms with Gasteiger partial charge in [-0.05, 0) is 18.8 Å². The van der Waals surface area contributed by atoms with E-state index in [1.807, 2.05) is 0 Å². The first kappa shape index (κ1) is 8.63. The molecule has 0 aromatic rings. The van der Waals surface area contributed by atoms with E-state index in [0.717, 1.165) is 31.6 Å². The van der Waals surface area contributed by atoms with E-state index >= 15 is 0 Å². The lowest BCUT2D eigenvalue weighted by Gasteiger charge is -2.14. The molecule has 0 aliphatic heterocycles. The molecule has 1 rings (SSSR count). The zero-order valence-corrected chi connectivity index (χ0v) is 5.81. The van der Waals surface area contributed by atoms with E-state index in [2.05, 4.69) is 6.92 Å². The van der Waals surface area contributed by atoms with Gasteiger partial charge >= 0.3 is 0 Å². The van der Waals surface area contributed by atoms with Gasteiger partial charge in [-0.1, -0.05) is 6.92 Å². The van der Waals surface area contributed by atoms with Gasteiger partial charge in [0, 0.05) is 12.8 Å². The Hall–Kier alpha value is -0.370. The lowest BCUT2D eigenvalue weighted by Crippen LogP contribution is -2.10. The van der Waals surface area contributed by atoms with Crippen LogP contribution in [0, 0.1) is 5.92 Å². The standard InChI is InChI=1S/C7H12O.H2O/c1-6-2-4-7(8)5-3-6;/h6H,2-5H2,1H3;1H2. The molecule has 0 bridgehead atoms. The van der Waals surface area contributed by atoms with Crippen molar-refractivity contribution in [2.24, 2.45) is 5.92 Å². The number of carbonyl (C=O) groups excluding carboxylic acids is 1. The maximum absolute atomic E-state index is 10.6. The molecule has 0 spiro atoms. The zero-order valence-electron chi connectivity index (χ0n) is 5.81. The van der Waals surface area contributed by atoms with Gasteiger partial charge in [0.1, 0.15) is 5.78 Å². The van der Waals surface area contributed by atoms with E-state index in [0.29, 0.717) is 5.78 Å². The van der Waals surface area contributed by atoms with E-state index in [1.165, 1.54) is 0 Å². The van der Waals surface area contributed by atoms with Crippen molar-refractivity contribution in [2.75, 3.05) is 0 Å². The first-order valence-electron chi connectivity index (χ1n) is 3.31. The molecule has 2 heteroatoms. The second-order valence-electron chi connectivity index (χ2n) is 2.72. The average molecular weight is 130 g/mol. The van der Waals surface area contributed by atoms with Crippen molar-refractivity contribution >= 4 is 5.78 Å². The fourth-order valence-corrected chi connectivity index (χ4v) is 1.08. The molecule has 9 heavy (non-hydrogen) atoms. The molecule has 0 saturated heterocycles. The van der Waals surface area contributed by atoms with Crippen LogP contribution in [0.3, 0.4) is 0 Å². The molecule has 1 aliphatic rings. The van der Waals surface area contributed by atoms with Gasteiger partial charge in [0.25, 0.3) is 0 Å². The topological polar surface area (TPSA) is 48.6 Å². The van der Waals surface area contributed by atoms with E-state index in [4.69, 9.17) is 0 Å². The summed E-state index contributed by atoms with van der Waals surface area (Å²) < 4.78 is 0. The van der Waals surface area contributed by atoms with Gasteiger partial charge in [-0.3, -0.25) is 4.79 Å². The monoisotopic (exact) mass is 130 g/mol. The summed E-state index contributed by atoms with van der Waals surface area (Å²) in [5.41, 5.74) is 0. The van der Waals surface area contributed by atoms with Crippen LogP contribution in [-0.2, 0) is 4.79 Å². The Balaban J connectivity index is 0.000000640. The molecule has 0 radical (unpaired) electrons. The molecule has 2 nitrogen and oxygen atoms in total. The summed E-state index contributed by atoms with van der Waals surface area (Å²) in [4.78, 5) is 10.6. The van der Waals surface area contributed by atoms with Crippen molar-refractivity contribution in [3.63, 3.8) is 0 Å². The first-order chi connectivity index (χ1) is 3.79. The van der Waals surface area contributed by atoms with Crippen molar-refractivity contribution < 1.29 is 10.3 Å². The predicted octanol–water partition coefficient (Wildman–Crippen LogP) is 0.941. The second-order valence-corrected chi connectivity index (χ2v) is 2.72. The molecule has 0 amide bonds. The fourth-order valence-electron chi connectivity index (χ4n) is 1.08. The Morgan fingerprint density at radius 2 is 1.78 bits per heavy atom. The highest BCUT2D eigenvalue weighted by atomic mass is 16.1. The van der Waals surface area contributed by atoms with Gasteiger partial charge < -0.3 is 5.48 Å². The molecule has 0 unspecified atom stereocenters. The zero-order chi connectivity index (χ0) is 5.98. The highest BCUT2D eigenvalue weighted by Gasteiger charge is 2.13. The van der Waals surface area contributed by atoms with E-state index in [9.17, 15) is 4.79 Å². The minimum absolute atomic E-state index is 0. The molecule has 54 valence electrons. The van der Waals surface area contributed by atoms with E-state index in [-0.39, 0.29) is 5.48 Å². The summed E-state index contributed by atoms with van der Waals surface area (Å²) in [6.45, 7) is 2.21. The summed E-state index contributed by atoms with van der Waals surface area (Å²) >= 11 is 0. The molecule has 0 aromatic carbocycles. The predicted molar refractivity (Wildman–Crippen MR) is 36.3 cm³/mol. The number of hydrogen-bond donors (Lipinski definition) is 0. The van der Waals surface area contributed by atoms with Crippen LogP contribution < -0.4 is 0 Å². The molecule has 0 heterocycles. The van der Waals surface area contributed by atoms with Crippen LogP contribution >= 0.6 is 0 Å². The van der Waals surface area contributed by atoms with Crippen molar-refractivity contribution in [2.45, 2.75) is 32.6 Å². The van der Waals surface area contributed by atoms with Crippen molar-refractivity contribution in [3.05, 3.63) is 0 Å².